The lowest BCUT2D eigenvalue weighted by atomic mass is 10.0. The second-order valence-electron chi connectivity index (χ2n) is 3.46. The average Bonchev–Trinajstić information content (AvgIpc) is 2.03. The van der Waals surface area contributed by atoms with Crippen molar-refractivity contribution >= 4 is 35.7 Å². The van der Waals surface area contributed by atoms with E-state index in [9.17, 15) is 8.42 Å². The van der Waals surface area contributed by atoms with Gasteiger partial charge in [0.05, 0.1) is 0 Å². The summed E-state index contributed by atoms with van der Waals surface area (Å²) in [6.45, 7) is 3.16. The summed E-state index contributed by atoms with van der Waals surface area (Å²) < 4.78 is 22.4. The zero-order valence-electron chi connectivity index (χ0n) is 7.79. The highest BCUT2D eigenvalue weighted by molar-refractivity contribution is 9.10. The van der Waals surface area contributed by atoms with Crippen molar-refractivity contribution in [2.75, 3.05) is 0 Å². The minimum Gasteiger partial charge on any atom is -0.211 e. The summed E-state index contributed by atoms with van der Waals surface area (Å²) in [4.78, 5) is 0. The van der Waals surface area contributed by atoms with Crippen LogP contribution in [0, 0.1) is 0 Å². The maximum Gasteiger partial charge on any atom is 0.241 e. The molecule has 78 valence electrons. The Balaban J connectivity index is 3.24. The van der Waals surface area contributed by atoms with Crippen LogP contribution >= 0.6 is 26.6 Å². The summed E-state index contributed by atoms with van der Waals surface area (Å²) in [6, 6.07) is 7.06. The van der Waals surface area contributed by atoms with E-state index in [0.717, 1.165) is 4.47 Å². The predicted molar refractivity (Wildman–Crippen MR) is 61.9 cm³/mol. The first-order valence-electron chi connectivity index (χ1n) is 3.95. The van der Waals surface area contributed by atoms with Crippen molar-refractivity contribution in [3.05, 3.63) is 34.3 Å². The van der Waals surface area contributed by atoms with Gasteiger partial charge in [0.15, 0.2) is 0 Å². The highest BCUT2D eigenvalue weighted by Gasteiger charge is 2.34. The molecule has 0 N–H and O–H groups in total. The van der Waals surface area contributed by atoms with Gasteiger partial charge >= 0.3 is 0 Å². The molecule has 0 spiro atoms. The van der Waals surface area contributed by atoms with E-state index in [-0.39, 0.29) is 0 Å². The summed E-state index contributed by atoms with van der Waals surface area (Å²) >= 11 is 3.28. The van der Waals surface area contributed by atoms with Gasteiger partial charge in [-0.05, 0) is 31.5 Å². The first kappa shape index (κ1) is 12.0. The lowest BCUT2D eigenvalue weighted by molar-refractivity contribution is 0.570. The molecule has 0 atom stereocenters. The molecule has 0 radical (unpaired) electrons. The molecule has 1 aromatic rings. The lowest BCUT2D eigenvalue weighted by Gasteiger charge is -2.21. The average molecular weight is 298 g/mol. The van der Waals surface area contributed by atoms with Crippen molar-refractivity contribution in [1.82, 2.24) is 0 Å². The Kier molecular flexibility index (Phi) is 3.29. The van der Waals surface area contributed by atoms with Crippen LogP contribution in [0.2, 0.25) is 0 Å². The minimum atomic E-state index is -3.61. The predicted octanol–water partition coefficient (Wildman–Crippen LogP) is 3.25. The van der Waals surface area contributed by atoms with E-state index in [0.29, 0.717) is 5.56 Å². The van der Waals surface area contributed by atoms with E-state index in [1.54, 1.807) is 38.1 Å². The topological polar surface area (TPSA) is 34.1 Å². The lowest BCUT2D eigenvalue weighted by Crippen LogP contribution is -2.24. The molecule has 1 aromatic carbocycles. The van der Waals surface area contributed by atoms with Gasteiger partial charge in [-0.25, -0.2) is 8.42 Å². The minimum absolute atomic E-state index is 0.677. The second-order valence-corrected chi connectivity index (χ2v) is 7.49. The number of rotatable bonds is 2. The van der Waals surface area contributed by atoms with Crippen molar-refractivity contribution < 1.29 is 8.42 Å². The van der Waals surface area contributed by atoms with Gasteiger partial charge in [0.25, 0.3) is 0 Å². The van der Waals surface area contributed by atoms with E-state index in [1.807, 2.05) is 0 Å². The van der Waals surface area contributed by atoms with E-state index in [2.05, 4.69) is 15.9 Å². The molecule has 0 saturated carbocycles. The summed E-state index contributed by atoms with van der Waals surface area (Å²) in [5, 5.41) is 0. The maximum atomic E-state index is 11.3. The zero-order chi connectivity index (χ0) is 11.0. The number of hydrogen-bond donors (Lipinski definition) is 0. The summed E-state index contributed by atoms with van der Waals surface area (Å²) in [7, 11) is 1.75. The molecule has 0 amide bonds. The van der Waals surface area contributed by atoms with Crippen LogP contribution < -0.4 is 0 Å². The third kappa shape index (κ3) is 2.30. The molecule has 0 unspecified atom stereocenters. The maximum absolute atomic E-state index is 11.3. The fourth-order valence-corrected chi connectivity index (χ4v) is 1.94. The molecule has 1 rings (SSSR count). The molecule has 0 aliphatic carbocycles. The van der Waals surface area contributed by atoms with Crippen LogP contribution in [-0.2, 0) is 13.8 Å². The fourth-order valence-electron chi connectivity index (χ4n) is 0.992. The first-order valence-corrected chi connectivity index (χ1v) is 7.05. The number of halogens is 2. The molecule has 0 aliphatic heterocycles. The fraction of sp³-hybridized carbons (Fsp3) is 0.333. The smallest absolute Gasteiger partial charge is 0.211 e. The van der Waals surface area contributed by atoms with Gasteiger partial charge in [-0.15, -0.1) is 0 Å². The second kappa shape index (κ2) is 3.83. The third-order valence-electron chi connectivity index (χ3n) is 2.15. The van der Waals surface area contributed by atoms with Crippen molar-refractivity contribution in [2.24, 2.45) is 0 Å². The van der Waals surface area contributed by atoms with E-state index >= 15 is 0 Å². The first-order chi connectivity index (χ1) is 6.25. The van der Waals surface area contributed by atoms with E-state index < -0.39 is 13.8 Å². The molecule has 14 heavy (non-hydrogen) atoms. The van der Waals surface area contributed by atoms with Crippen molar-refractivity contribution in [3.63, 3.8) is 0 Å². The molecule has 0 aromatic heterocycles. The molecule has 0 heterocycles. The summed E-state index contributed by atoms with van der Waals surface area (Å²) in [5.41, 5.74) is 0.677. The monoisotopic (exact) mass is 296 g/mol. The Morgan fingerprint density at radius 1 is 1.21 bits per heavy atom. The Hall–Kier alpha value is -0.0600. The van der Waals surface area contributed by atoms with Crippen molar-refractivity contribution in [2.45, 2.75) is 18.6 Å². The van der Waals surface area contributed by atoms with Crippen LogP contribution in [0.25, 0.3) is 0 Å². The highest BCUT2D eigenvalue weighted by atomic mass is 79.9. The van der Waals surface area contributed by atoms with Crippen LogP contribution in [-0.4, -0.2) is 8.42 Å². The van der Waals surface area contributed by atoms with Crippen molar-refractivity contribution in [3.8, 4) is 0 Å². The van der Waals surface area contributed by atoms with Crippen LogP contribution in [0.5, 0.6) is 0 Å². The third-order valence-corrected chi connectivity index (χ3v) is 5.29. The van der Waals surface area contributed by atoms with E-state index in [4.69, 9.17) is 10.7 Å². The van der Waals surface area contributed by atoms with E-state index in [1.165, 1.54) is 0 Å². The Bertz CT molecular complexity index is 423. The normalized spacial score (nSPS) is 12.9. The van der Waals surface area contributed by atoms with Gasteiger partial charge in [-0.2, -0.15) is 0 Å². The molecular weight excluding hydrogens is 288 g/mol. The molecular formula is C9H10BrClO2S. The summed E-state index contributed by atoms with van der Waals surface area (Å²) in [5.74, 6) is 0. The Morgan fingerprint density at radius 2 is 1.64 bits per heavy atom. The van der Waals surface area contributed by atoms with Gasteiger partial charge in [0.2, 0.25) is 9.05 Å². The molecule has 0 fully saturated rings. The molecule has 0 bridgehead atoms. The van der Waals surface area contributed by atoms with Gasteiger partial charge < -0.3 is 0 Å². The highest BCUT2D eigenvalue weighted by Crippen LogP contribution is 2.32. The van der Waals surface area contributed by atoms with Crippen LogP contribution in [0.3, 0.4) is 0 Å². The standard InChI is InChI=1S/C9H10BrClO2S/c1-9(2,14(11,12)13)7-3-5-8(10)6-4-7/h3-6H,1-2H3. The largest absolute Gasteiger partial charge is 0.241 e. The van der Waals surface area contributed by atoms with Gasteiger partial charge in [0.1, 0.15) is 4.75 Å². The molecule has 5 heteroatoms. The quantitative estimate of drug-likeness (QED) is 0.785. The van der Waals surface area contributed by atoms with Crippen LogP contribution in [0.4, 0.5) is 0 Å². The SMILES string of the molecule is CC(C)(c1ccc(Br)cc1)S(=O)(=O)Cl. The van der Waals surface area contributed by atoms with Crippen LogP contribution in [0.15, 0.2) is 28.7 Å². The Morgan fingerprint density at radius 3 is 2.00 bits per heavy atom. The van der Waals surface area contributed by atoms with Gasteiger partial charge in [-0.1, -0.05) is 28.1 Å². The van der Waals surface area contributed by atoms with Crippen molar-refractivity contribution in [1.29, 1.82) is 0 Å². The summed E-state index contributed by atoms with van der Waals surface area (Å²) in [6.07, 6.45) is 0. The Labute approximate surface area is 96.8 Å². The van der Waals surface area contributed by atoms with Gasteiger partial charge in [0, 0.05) is 15.2 Å². The van der Waals surface area contributed by atoms with Gasteiger partial charge in [-0.3, -0.25) is 0 Å². The number of hydrogen-bond acceptors (Lipinski definition) is 2. The molecule has 2 nitrogen and oxygen atoms in total. The molecule has 0 aliphatic rings. The number of benzene rings is 1. The van der Waals surface area contributed by atoms with Crippen LogP contribution in [0.1, 0.15) is 19.4 Å². The molecule has 0 saturated heterocycles. The zero-order valence-corrected chi connectivity index (χ0v) is 10.9.